The SMILES string of the molecule is C[C@H](Sc1ncc2ccccn12)C(=O)N[C@@H](C)c1ccccc1. The Morgan fingerprint density at radius 1 is 1.13 bits per heavy atom. The van der Waals surface area contributed by atoms with E-state index in [2.05, 4.69) is 10.3 Å². The standard InChI is InChI=1S/C18H19N3OS/c1-13(15-8-4-3-5-9-15)20-17(22)14(2)23-18-19-12-16-10-6-7-11-21(16)18/h3-14H,1-2H3,(H,20,22)/t13-,14-/m0/s1. The van der Waals surface area contributed by atoms with Crippen molar-refractivity contribution >= 4 is 23.2 Å². The molecular formula is C18H19N3OS. The fourth-order valence-corrected chi connectivity index (χ4v) is 3.26. The second-order valence-electron chi connectivity index (χ2n) is 5.44. The summed E-state index contributed by atoms with van der Waals surface area (Å²) in [5.74, 6) is 0.0130. The van der Waals surface area contributed by atoms with Crippen LogP contribution in [-0.4, -0.2) is 20.5 Å². The predicted molar refractivity (Wildman–Crippen MR) is 93.5 cm³/mol. The molecule has 0 aliphatic heterocycles. The first-order valence-electron chi connectivity index (χ1n) is 7.59. The Morgan fingerprint density at radius 2 is 1.87 bits per heavy atom. The number of fused-ring (bicyclic) bond motifs is 1. The molecule has 5 heteroatoms. The van der Waals surface area contributed by atoms with Gasteiger partial charge >= 0.3 is 0 Å². The summed E-state index contributed by atoms with van der Waals surface area (Å²) in [6.45, 7) is 3.90. The molecule has 3 rings (SSSR count). The van der Waals surface area contributed by atoms with Crippen LogP contribution in [0.25, 0.3) is 5.52 Å². The van der Waals surface area contributed by atoms with E-state index in [0.717, 1.165) is 16.2 Å². The second-order valence-corrected chi connectivity index (χ2v) is 6.75. The summed E-state index contributed by atoms with van der Waals surface area (Å²) in [6, 6.07) is 15.9. The van der Waals surface area contributed by atoms with E-state index in [1.165, 1.54) is 11.8 Å². The summed E-state index contributed by atoms with van der Waals surface area (Å²) < 4.78 is 2.00. The van der Waals surface area contributed by atoms with Crippen molar-refractivity contribution in [3.63, 3.8) is 0 Å². The number of carbonyl (C=O) groups excluding carboxylic acids is 1. The summed E-state index contributed by atoms with van der Waals surface area (Å²) in [4.78, 5) is 16.8. The second kappa shape index (κ2) is 6.87. The predicted octanol–water partition coefficient (Wildman–Crippen LogP) is 3.69. The van der Waals surface area contributed by atoms with Gasteiger partial charge in [0.25, 0.3) is 0 Å². The number of nitrogens with zero attached hydrogens (tertiary/aromatic N) is 2. The van der Waals surface area contributed by atoms with E-state index >= 15 is 0 Å². The average molecular weight is 325 g/mol. The maximum absolute atomic E-state index is 12.4. The number of nitrogens with one attached hydrogen (secondary N) is 1. The molecule has 1 aromatic carbocycles. The normalized spacial score (nSPS) is 13.7. The lowest BCUT2D eigenvalue weighted by Gasteiger charge is -2.17. The number of pyridine rings is 1. The van der Waals surface area contributed by atoms with Gasteiger partial charge < -0.3 is 5.32 Å². The average Bonchev–Trinajstić information content (AvgIpc) is 2.98. The highest BCUT2D eigenvalue weighted by Crippen LogP contribution is 2.24. The number of benzene rings is 1. The number of thioether (sulfide) groups is 1. The molecule has 2 heterocycles. The van der Waals surface area contributed by atoms with E-state index < -0.39 is 0 Å². The molecule has 0 unspecified atom stereocenters. The van der Waals surface area contributed by atoms with Crippen LogP contribution < -0.4 is 5.32 Å². The third kappa shape index (κ3) is 3.56. The van der Waals surface area contributed by atoms with E-state index in [4.69, 9.17) is 0 Å². The molecule has 0 bridgehead atoms. The topological polar surface area (TPSA) is 46.4 Å². The zero-order valence-electron chi connectivity index (χ0n) is 13.1. The third-order valence-corrected chi connectivity index (χ3v) is 4.80. The molecule has 118 valence electrons. The zero-order valence-corrected chi connectivity index (χ0v) is 14.0. The van der Waals surface area contributed by atoms with Crippen molar-refractivity contribution in [2.45, 2.75) is 30.3 Å². The summed E-state index contributed by atoms with van der Waals surface area (Å²) in [5, 5.41) is 3.67. The van der Waals surface area contributed by atoms with Gasteiger partial charge in [-0.05, 0) is 31.5 Å². The smallest absolute Gasteiger partial charge is 0.233 e. The van der Waals surface area contributed by atoms with Crippen molar-refractivity contribution in [1.82, 2.24) is 14.7 Å². The van der Waals surface area contributed by atoms with Crippen molar-refractivity contribution in [3.8, 4) is 0 Å². The maximum atomic E-state index is 12.4. The van der Waals surface area contributed by atoms with Gasteiger partial charge in [-0.15, -0.1) is 0 Å². The van der Waals surface area contributed by atoms with Crippen molar-refractivity contribution in [2.24, 2.45) is 0 Å². The number of hydrogen-bond acceptors (Lipinski definition) is 3. The lowest BCUT2D eigenvalue weighted by atomic mass is 10.1. The van der Waals surface area contributed by atoms with Gasteiger partial charge in [0.05, 0.1) is 23.0 Å². The van der Waals surface area contributed by atoms with Crippen LogP contribution in [0.3, 0.4) is 0 Å². The van der Waals surface area contributed by atoms with Crippen molar-refractivity contribution in [1.29, 1.82) is 0 Å². The molecular weight excluding hydrogens is 306 g/mol. The Labute approximate surface area is 139 Å². The fourth-order valence-electron chi connectivity index (χ4n) is 2.37. The van der Waals surface area contributed by atoms with E-state index in [9.17, 15) is 4.79 Å². The first-order chi connectivity index (χ1) is 11.1. The number of rotatable bonds is 5. The summed E-state index contributed by atoms with van der Waals surface area (Å²) in [6.07, 6.45) is 3.78. The largest absolute Gasteiger partial charge is 0.349 e. The van der Waals surface area contributed by atoms with Crippen molar-refractivity contribution < 1.29 is 4.79 Å². The molecule has 0 aliphatic carbocycles. The van der Waals surface area contributed by atoms with Crippen LogP contribution in [0.15, 0.2) is 66.1 Å². The first-order valence-corrected chi connectivity index (χ1v) is 8.47. The molecule has 4 nitrogen and oxygen atoms in total. The van der Waals surface area contributed by atoms with Crippen LogP contribution in [0.1, 0.15) is 25.5 Å². The quantitative estimate of drug-likeness (QED) is 0.728. The number of hydrogen-bond donors (Lipinski definition) is 1. The zero-order chi connectivity index (χ0) is 16.2. The summed E-state index contributed by atoms with van der Waals surface area (Å²) >= 11 is 1.46. The minimum absolute atomic E-state index is 0.0104. The van der Waals surface area contributed by atoms with Crippen molar-refractivity contribution in [2.75, 3.05) is 0 Å². The van der Waals surface area contributed by atoms with Crippen LogP contribution in [0, 0.1) is 0 Å². The Hall–Kier alpha value is -2.27. The van der Waals surface area contributed by atoms with Crippen LogP contribution >= 0.6 is 11.8 Å². The molecule has 0 fully saturated rings. The maximum Gasteiger partial charge on any atom is 0.233 e. The van der Waals surface area contributed by atoms with Gasteiger partial charge in [0.1, 0.15) is 0 Å². The molecule has 2 aromatic heterocycles. The summed E-state index contributed by atoms with van der Waals surface area (Å²) in [7, 11) is 0. The minimum atomic E-state index is -0.216. The van der Waals surface area contributed by atoms with Gasteiger partial charge in [0.2, 0.25) is 5.91 Å². The van der Waals surface area contributed by atoms with Crippen LogP contribution in [0.4, 0.5) is 0 Å². The Bertz CT molecular complexity index is 800. The number of aromatic nitrogens is 2. The number of carbonyl (C=O) groups is 1. The first kappa shape index (κ1) is 15.6. The number of imidazole rings is 1. The molecule has 0 saturated carbocycles. The lowest BCUT2D eigenvalue weighted by Crippen LogP contribution is -2.33. The van der Waals surface area contributed by atoms with Gasteiger partial charge in [0, 0.05) is 6.20 Å². The molecule has 3 aromatic rings. The van der Waals surface area contributed by atoms with Gasteiger partial charge in [-0.25, -0.2) is 4.98 Å². The van der Waals surface area contributed by atoms with Crippen molar-refractivity contribution in [3.05, 3.63) is 66.5 Å². The molecule has 1 N–H and O–H groups in total. The highest BCUT2D eigenvalue weighted by atomic mass is 32.2. The van der Waals surface area contributed by atoms with Gasteiger partial charge in [0.15, 0.2) is 5.16 Å². The molecule has 0 radical (unpaired) electrons. The van der Waals surface area contributed by atoms with E-state index in [-0.39, 0.29) is 17.2 Å². The van der Waals surface area contributed by atoms with Gasteiger partial charge in [-0.3, -0.25) is 9.20 Å². The Kier molecular flexibility index (Phi) is 4.67. The van der Waals surface area contributed by atoms with E-state index in [1.54, 1.807) is 0 Å². The van der Waals surface area contributed by atoms with E-state index in [1.807, 2.05) is 79.2 Å². The molecule has 0 saturated heterocycles. The lowest BCUT2D eigenvalue weighted by molar-refractivity contribution is -0.120. The summed E-state index contributed by atoms with van der Waals surface area (Å²) in [5.41, 5.74) is 2.13. The molecule has 1 amide bonds. The van der Waals surface area contributed by atoms with Gasteiger partial charge in [-0.1, -0.05) is 48.2 Å². The van der Waals surface area contributed by atoms with Crippen LogP contribution in [-0.2, 0) is 4.79 Å². The molecule has 0 aliphatic rings. The van der Waals surface area contributed by atoms with Gasteiger partial charge in [-0.2, -0.15) is 0 Å². The highest BCUT2D eigenvalue weighted by molar-refractivity contribution is 8.00. The Morgan fingerprint density at radius 3 is 2.65 bits per heavy atom. The molecule has 23 heavy (non-hydrogen) atoms. The molecule has 2 atom stereocenters. The Balaban J connectivity index is 1.66. The third-order valence-electron chi connectivity index (χ3n) is 3.71. The number of amides is 1. The minimum Gasteiger partial charge on any atom is -0.349 e. The van der Waals surface area contributed by atoms with Crippen LogP contribution in [0.2, 0.25) is 0 Å². The monoisotopic (exact) mass is 325 g/mol. The molecule has 0 spiro atoms. The fraction of sp³-hybridized carbons (Fsp3) is 0.222. The van der Waals surface area contributed by atoms with Crippen LogP contribution in [0.5, 0.6) is 0 Å². The van der Waals surface area contributed by atoms with E-state index in [0.29, 0.717) is 0 Å². The highest BCUT2D eigenvalue weighted by Gasteiger charge is 2.19.